The van der Waals surface area contributed by atoms with Crippen LogP contribution >= 0.6 is 24.0 Å². The van der Waals surface area contributed by atoms with E-state index in [0.717, 1.165) is 36.8 Å². The van der Waals surface area contributed by atoms with E-state index in [4.69, 9.17) is 9.73 Å². The summed E-state index contributed by atoms with van der Waals surface area (Å²) in [6.45, 7) is 6.78. The zero-order chi connectivity index (χ0) is 14.4. The predicted octanol–water partition coefficient (Wildman–Crippen LogP) is 3.02. The fourth-order valence-electron chi connectivity index (χ4n) is 3.92. The first-order valence-corrected chi connectivity index (χ1v) is 8.26. The van der Waals surface area contributed by atoms with E-state index in [1.807, 2.05) is 0 Å². The maximum Gasteiger partial charge on any atom is 0.191 e. The summed E-state index contributed by atoms with van der Waals surface area (Å²) in [5.74, 6) is 3.93. The Kier molecular flexibility index (Phi) is 8.94. The van der Waals surface area contributed by atoms with Crippen molar-refractivity contribution < 1.29 is 4.74 Å². The molecule has 0 aliphatic heterocycles. The highest BCUT2D eigenvalue weighted by Crippen LogP contribution is 2.49. The molecule has 2 N–H and O–H groups in total. The van der Waals surface area contributed by atoms with E-state index in [2.05, 4.69) is 24.5 Å². The number of halogens is 1. The predicted molar refractivity (Wildman–Crippen MR) is 99.4 cm³/mol. The molecule has 0 heterocycles. The lowest BCUT2D eigenvalue weighted by molar-refractivity contribution is 0.179. The average Bonchev–Trinajstić information content (AvgIpc) is 3.01. The van der Waals surface area contributed by atoms with E-state index in [-0.39, 0.29) is 24.0 Å². The van der Waals surface area contributed by atoms with E-state index in [9.17, 15) is 0 Å². The van der Waals surface area contributed by atoms with Crippen LogP contribution in [0.3, 0.4) is 0 Å². The molecule has 5 heteroatoms. The van der Waals surface area contributed by atoms with E-state index in [0.29, 0.717) is 12.6 Å². The van der Waals surface area contributed by atoms with Crippen molar-refractivity contribution >= 4 is 29.9 Å². The summed E-state index contributed by atoms with van der Waals surface area (Å²) in [6.07, 6.45) is 7.18. The molecule has 2 fully saturated rings. The van der Waals surface area contributed by atoms with Gasteiger partial charge in [-0.2, -0.15) is 0 Å². The van der Waals surface area contributed by atoms with Crippen LogP contribution in [-0.4, -0.2) is 38.8 Å². The minimum absolute atomic E-state index is 0. The van der Waals surface area contributed by atoms with Crippen LogP contribution in [-0.2, 0) is 4.74 Å². The fraction of sp³-hybridized carbons (Fsp3) is 0.938. The monoisotopic (exact) mass is 409 g/mol. The third-order valence-electron chi connectivity index (χ3n) is 4.80. The number of nitrogens with one attached hydrogen (secondary N) is 2. The van der Waals surface area contributed by atoms with Crippen molar-refractivity contribution in [2.75, 3.05) is 26.8 Å². The van der Waals surface area contributed by atoms with Crippen LogP contribution < -0.4 is 10.6 Å². The summed E-state index contributed by atoms with van der Waals surface area (Å²) < 4.78 is 5.16. The smallest absolute Gasteiger partial charge is 0.191 e. The van der Waals surface area contributed by atoms with Crippen molar-refractivity contribution in [2.24, 2.45) is 22.7 Å². The normalized spacial score (nSPS) is 29.1. The summed E-state index contributed by atoms with van der Waals surface area (Å²) in [4.78, 5) is 4.72. The first-order valence-electron chi connectivity index (χ1n) is 8.26. The van der Waals surface area contributed by atoms with Gasteiger partial charge in [-0.25, -0.2) is 0 Å². The Morgan fingerprint density at radius 1 is 1.33 bits per heavy atom. The van der Waals surface area contributed by atoms with Gasteiger partial charge in [0.2, 0.25) is 0 Å². The number of nitrogens with zero attached hydrogens (tertiary/aromatic N) is 1. The number of methoxy groups -OCH3 is 1. The molecule has 4 nitrogen and oxygen atoms in total. The standard InChI is InChI=1S/C16H31N3O.HI/c1-4-17-16(19-12(2)11-20-3)18-8-7-15-10-13-5-6-14(15)9-13;/h12-15H,4-11H2,1-3H3,(H2,17,18,19);1H. The number of ether oxygens (including phenoxy) is 1. The second kappa shape index (κ2) is 9.87. The van der Waals surface area contributed by atoms with Crippen molar-refractivity contribution in [2.45, 2.75) is 52.0 Å². The van der Waals surface area contributed by atoms with E-state index in [1.165, 1.54) is 32.1 Å². The lowest BCUT2D eigenvalue weighted by atomic mass is 9.86. The molecule has 0 aromatic carbocycles. The first-order chi connectivity index (χ1) is 9.72. The van der Waals surface area contributed by atoms with Gasteiger partial charge in [0.05, 0.1) is 6.61 Å². The Morgan fingerprint density at radius 2 is 2.14 bits per heavy atom. The highest BCUT2D eigenvalue weighted by molar-refractivity contribution is 14.0. The molecule has 2 aliphatic rings. The first kappa shape index (κ1) is 19.0. The highest BCUT2D eigenvalue weighted by Gasteiger charge is 2.38. The number of aliphatic imine (C=N–C) groups is 1. The molecular formula is C16H32IN3O. The topological polar surface area (TPSA) is 45.7 Å². The Bertz CT molecular complexity index is 325. The highest BCUT2D eigenvalue weighted by atomic mass is 127. The minimum atomic E-state index is 0. The van der Waals surface area contributed by atoms with Crippen molar-refractivity contribution in [1.29, 1.82) is 0 Å². The van der Waals surface area contributed by atoms with Gasteiger partial charge in [0.1, 0.15) is 0 Å². The Hall–Kier alpha value is -0.0400. The molecule has 0 radical (unpaired) electrons. The lowest BCUT2D eigenvalue weighted by Crippen LogP contribution is -2.44. The van der Waals surface area contributed by atoms with Crippen LogP contribution in [0.5, 0.6) is 0 Å². The molecule has 2 saturated carbocycles. The Balaban J connectivity index is 0.00000220. The number of fused-ring (bicyclic) bond motifs is 2. The van der Waals surface area contributed by atoms with Crippen molar-refractivity contribution in [3.05, 3.63) is 0 Å². The van der Waals surface area contributed by atoms with Gasteiger partial charge in [-0.1, -0.05) is 6.42 Å². The van der Waals surface area contributed by atoms with E-state index < -0.39 is 0 Å². The minimum Gasteiger partial charge on any atom is -0.383 e. The third-order valence-corrected chi connectivity index (χ3v) is 4.80. The van der Waals surface area contributed by atoms with Crippen LogP contribution in [0.15, 0.2) is 4.99 Å². The van der Waals surface area contributed by atoms with Crippen molar-refractivity contribution in [3.63, 3.8) is 0 Å². The molecule has 0 aromatic heterocycles. The number of hydrogen-bond donors (Lipinski definition) is 2. The Morgan fingerprint density at radius 3 is 2.71 bits per heavy atom. The van der Waals surface area contributed by atoms with Gasteiger partial charge in [0, 0.05) is 26.2 Å². The summed E-state index contributed by atoms with van der Waals surface area (Å²) in [5.41, 5.74) is 0. The third kappa shape index (κ3) is 5.93. The maximum atomic E-state index is 5.16. The Labute approximate surface area is 146 Å². The molecule has 124 valence electrons. The van der Waals surface area contributed by atoms with Crippen molar-refractivity contribution in [3.8, 4) is 0 Å². The number of rotatable bonds is 7. The molecule has 0 spiro atoms. The molecule has 2 aliphatic carbocycles. The van der Waals surface area contributed by atoms with Gasteiger partial charge in [0.15, 0.2) is 5.96 Å². The van der Waals surface area contributed by atoms with E-state index in [1.54, 1.807) is 7.11 Å². The van der Waals surface area contributed by atoms with Crippen LogP contribution in [0.2, 0.25) is 0 Å². The average molecular weight is 409 g/mol. The molecule has 2 rings (SSSR count). The number of hydrogen-bond acceptors (Lipinski definition) is 2. The molecule has 21 heavy (non-hydrogen) atoms. The maximum absolute atomic E-state index is 5.16. The summed E-state index contributed by atoms with van der Waals surface area (Å²) in [6, 6.07) is 0.292. The fourth-order valence-corrected chi connectivity index (χ4v) is 3.92. The SMILES string of the molecule is CCNC(=NCCC1CC2CCC1C2)NC(C)COC.I. The lowest BCUT2D eigenvalue weighted by Gasteiger charge is -2.21. The largest absolute Gasteiger partial charge is 0.383 e. The number of guanidine groups is 1. The van der Waals surface area contributed by atoms with Crippen LogP contribution in [0, 0.1) is 17.8 Å². The van der Waals surface area contributed by atoms with Crippen molar-refractivity contribution in [1.82, 2.24) is 10.6 Å². The van der Waals surface area contributed by atoms with Gasteiger partial charge in [-0.05, 0) is 57.3 Å². The van der Waals surface area contributed by atoms with Gasteiger partial charge < -0.3 is 15.4 Å². The van der Waals surface area contributed by atoms with Gasteiger partial charge in [-0.15, -0.1) is 24.0 Å². The van der Waals surface area contributed by atoms with Gasteiger partial charge >= 0.3 is 0 Å². The molecule has 0 aromatic rings. The van der Waals surface area contributed by atoms with Gasteiger partial charge in [-0.3, -0.25) is 4.99 Å². The zero-order valence-corrected chi connectivity index (χ0v) is 16.1. The van der Waals surface area contributed by atoms with Crippen LogP contribution in [0.4, 0.5) is 0 Å². The van der Waals surface area contributed by atoms with Gasteiger partial charge in [0.25, 0.3) is 0 Å². The summed E-state index contributed by atoms with van der Waals surface area (Å²) >= 11 is 0. The quantitative estimate of drug-likeness (QED) is 0.386. The molecular weight excluding hydrogens is 377 g/mol. The molecule has 4 atom stereocenters. The van der Waals surface area contributed by atoms with E-state index >= 15 is 0 Å². The molecule has 4 unspecified atom stereocenters. The zero-order valence-electron chi connectivity index (χ0n) is 13.7. The summed E-state index contributed by atoms with van der Waals surface area (Å²) in [7, 11) is 1.73. The molecule has 0 amide bonds. The molecule has 0 saturated heterocycles. The second-order valence-electron chi connectivity index (χ2n) is 6.48. The second-order valence-corrected chi connectivity index (χ2v) is 6.48. The molecule has 2 bridgehead atoms. The summed E-state index contributed by atoms with van der Waals surface area (Å²) in [5, 5.41) is 6.71. The van der Waals surface area contributed by atoms with Crippen LogP contribution in [0.1, 0.15) is 46.0 Å². The van der Waals surface area contributed by atoms with Crippen LogP contribution in [0.25, 0.3) is 0 Å².